The Kier molecular flexibility index (Phi) is 5.34. The zero-order valence-corrected chi connectivity index (χ0v) is 14.1. The topological polar surface area (TPSA) is 58.4 Å². The third kappa shape index (κ3) is 4.33. The van der Waals surface area contributed by atoms with Crippen molar-refractivity contribution in [1.29, 1.82) is 0 Å². The van der Waals surface area contributed by atoms with Gasteiger partial charge in [0.25, 0.3) is 0 Å². The van der Waals surface area contributed by atoms with Gasteiger partial charge in [-0.25, -0.2) is 0 Å². The summed E-state index contributed by atoms with van der Waals surface area (Å²) in [5.41, 5.74) is 7.58. The predicted molar refractivity (Wildman–Crippen MR) is 93.2 cm³/mol. The molecule has 1 aromatic carbocycles. The van der Waals surface area contributed by atoms with Gasteiger partial charge in [0.1, 0.15) is 0 Å². The third-order valence-corrected chi connectivity index (χ3v) is 5.42. The maximum absolute atomic E-state index is 12.3. The number of carbonyl (C=O) groups excluding carboxylic acids is 1. The first-order valence-electron chi connectivity index (χ1n) is 8.94. The molecule has 126 valence electrons. The van der Waals surface area contributed by atoms with Crippen LogP contribution in [0.15, 0.2) is 30.3 Å². The Labute approximate surface area is 139 Å². The quantitative estimate of drug-likeness (QED) is 0.895. The van der Waals surface area contributed by atoms with Gasteiger partial charge in [-0.2, -0.15) is 0 Å². The molecular weight excluding hydrogens is 286 g/mol. The van der Waals surface area contributed by atoms with Crippen LogP contribution in [0.3, 0.4) is 0 Å². The van der Waals surface area contributed by atoms with Crippen molar-refractivity contribution < 1.29 is 4.79 Å². The second-order valence-electron chi connectivity index (χ2n) is 7.40. The lowest BCUT2D eigenvalue weighted by atomic mass is 9.87. The first-order chi connectivity index (χ1) is 11.1. The Morgan fingerprint density at radius 3 is 2.57 bits per heavy atom. The van der Waals surface area contributed by atoms with Crippen molar-refractivity contribution in [3.05, 3.63) is 35.9 Å². The van der Waals surface area contributed by atoms with Crippen LogP contribution in [0.4, 0.5) is 0 Å². The van der Waals surface area contributed by atoms with Crippen LogP contribution in [0.25, 0.3) is 0 Å². The van der Waals surface area contributed by atoms with E-state index in [0.29, 0.717) is 18.5 Å². The molecule has 0 aromatic heterocycles. The van der Waals surface area contributed by atoms with Crippen molar-refractivity contribution in [3.8, 4) is 0 Å². The van der Waals surface area contributed by atoms with Crippen molar-refractivity contribution in [3.63, 3.8) is 0 Å². The Morgan fingerprint density at radius 1 is 1.17 bits per heavy atom. The molecule has 2 aliphatic rings. The molecule has 1 aromatic rings. The standard InChI is InChI=1S/C19H29N3O/c1-14-7-9-16(10-8-14)21-19(23)13-22-11-17(18(20)12-22)15-5-3-2-4-6-15/h2-6,14,16-18H,7-13,20H2,1H3,(H,21,23)/t14?,16?,17-,18+/m0/s1. The number of nitrogens with two attached hydrogens (primary N) is 1. The Balaban J connectivity index is 1.48. The molecule has 1 saturated heterocycles. The van der Waals surface area contributed by atoms with Crippen molar-refractivity contribution in [2.75, 3.05) is 19.6 Å². The summed E-state index contributed by atoms with van der Waals surface area (Å²) in [5.74, 6) is 1.30. The largest absolute Gasteiger partial charge is 0.352 e. The van der Waals surface area contributed by atoms with Crippen LogP contribution < -0.4 is 11.1 Å². The lowest BCUT2D eigenvalue weighted by molar-refractivity contribution is -0.123. The van der Waals surface area contributed by atoms with Gasteiger partial charge in [0.05, 0.1) is 6.54 Å². The maximum atomic E-state index is 12.3. The number of carbonyl (C=O) groups is 1. The van der Waals surface area contributed by atoms with Crippen LogP contribution >= 0.6 is 0 Å². The van der Waals surface area contributed by atoms with Crippen molar-refractivity contribution >= 4 is 5.91 Å². The Bertz CT molecular complexity index is 511. The monoisotopic (exact) mass is 315 g/mol. The van der Waals surface area contributed by atoms with Gasteiger partial charge in [0, 0.05) is 31.1 Å². The molecular formula is C19H29N3O. The van der Waals surface area contributed by atoms with E-state index >= 15 is 0 Å². The molecule has 0 unspecified atom stereocenters. The van der Waals surface area contributed by atoms with E-state index in [1.54, 1.807) is 0 Å². The van der Waals surface area contributed by atoms with Crippen LogP contribution in [0.5, 0.6) is 0 Å². The number of rotatable bonds is 4. The number of hydrogen-bond donors (Lipinski definition) is 2. The predicted octanol–water partition coefficient (Wildman–Crippen LogP) is 2.11. The van der Waals surface area contributed by atoms with E-state index in [4.69, 9.17) is 5.73 Å². The summed E-state index contributed by atoms with van der Waals surface area (Å²) >= 11 is 0. The zero-order chi connectivity index (χ0) is 16.2. The molecule has 23 heavy (non-hydrogen) atoms. The Morgan fingerprint density at radius 2 is 1.87 bits per heavy atom. The van der Waals surface area contributed by atoms with E-state index in [-0.39, 0.29) is 11.9 Å². The van der Waals surface area contributed by atoms with Gasteiger partial charge < -0.3 is 11.1 Å². The van der Waals surface area contributed by atoms with Gasteiger partial charge in [-0.1, -0.05) is 37.3 Å². The van der Waals surface area contributed by atoms with Gasteiger partial charge in [0.2, 0.25) is 5.91 Å². The summed E-state index contributed by atoms with van der Waals surface area (Å²) in [6.07, 6.45) is 4.71. The molecule has 0 bridgehead atoms. The number of nitrogens with zero attached hydrogens (tertiary/aromatic N) is 1. The van der Waals surface area contributed by atoms with E-state index < -0.39 is 0 Å². The molecule has 0 spiro atoms. The molecule has 4 nitrogen and oxygen atoms in total. The molecule has 3 rings (SSSR count). The summed E-state index contributed by atoms with van der Waals surface area (Å²) in [6.45, 7) is 4.45. The number of likely N-dealkylation sites (tertiary alicyclic amines) is 1. The fourth-order valence-corrected chi connectivity index (χ4v) is 3.98. The lowest BCUT2D eigenvalue weighted by Gasteiger charge is -2.27. The van der Waals surface area contributed by atoms with Crippen LogP contribution in [0.1, 0.15) is 44.1 Å². The number of hydrogen-bond acceptors (Lipinski definition) is 3. The highest BCUT2D eigenvalue weighted by Gasteiger charge is 2.32. The van der Waals surface area contributed by atoms with Crippen molar-refractivity contribution in [2.24, 2.45) is 11.7 Å². The van der Waals surface area contributed by atoms with Crippen LogP contribution in [-0.2, 0) is 4.79 Å². The fourth-order valence-electron chi connectivity index (χ4n) is 3.98. The van der Waals surface area contributed by atoms with E-state index in [1.807, 2.05) is 6.07 Å². The fraction of sp³-hybridized carbons (Fsp3) is 0.632. The minimum atomic E-state index is 0.112. The van der Waals surface area contributed by atoms with Gasteiger partial charge in [-0.05, 0) is 37.2 Å². The Hall–Kier alpha value is -1.39. The highest BCUT2D eigenvalue weighted by atomic mass is 16.2. The molecule has 1 aliphatic heterocycles. The maximum Gasteiger partial charge on any atom is 0.234 e. The zero-order valence-electron chi connectivity index (χ0n) is 14.1. The third-order valence-electron chi connectivity index (χ3n) is 5.42. The minimum Gasteiger partial charge on any atom is -0.352 e. The molecule has 0 radical (unpaired) electrons. The second-order valence-corrected chi connectivity index (χ2v) is 7.40. The number of nitrogens with one attached hydrogen (secondary N) is 1. The minimum absolute atomic E-state index is 0.112. The molecule has 2 fully saturated rings. The van der Waals surface area contributed by atoms with Crippen LogP contribution in [0, 0.1) is 5.92 Å². The van der Waals surface area contributed by atoms with E-state index in [2.05, 4.69) is 41.4 Å². The molecule has 3 N–H and O–H groups in total. The highest BCUT2D eigenvalue weighted by Crippen LogP contribution is 2.26. The van der Waals surface area contributed by atoms with Gasteiger partial charge >= 0.3 is 0 Å². The molecule has 1 aliphatic carbocycles. The molecule has 1 heterocycles. The summed E-state index contributed by atoms with van der Waals surface area (Å²) in [4.78, 5) is 14.5. The summed E-state index contributed by atoms with van der Waals surface area (Å²) < 4.78 is 0. The molecule has 4 heteroatoms. The normalized spacial score (nSPS) is 31.9. The van der Waals surface area contributed by atoms with Crippen molar-refractivity contribution in [1.82, 2.24) is 10.2 Å². The second kappa shape index (κ2) is 7.45. The summed E-state index contributed by atoms with van der Waals surface area (Å²) in [5, 5.41) is 3.21. The first kappa shape index (κ1) is 16.5. The average molecular weight is 315 g/mol. The highest BCUT2D eigenvalue weighted by molar-refractivity contribution is 5.78. The molecule has 2 atom stereocenters. The van der Waals surface area contributed by atoms with Crippen molar-refractivity contribution in [2.45, 2.75) is 50.6 Å². The van der Waals surface area contributed by atoms with Crippen LogP contribution in [0.2, 0.25) is 0 Å². The van der Waals surface area contributed by atoms with Gasteiger partial charge in [-0.15, -0.1) is 0 Å². The summed E-state index contributed by atoms with van der Waals surface area (Å²) in [6, 6.07) is 10.9. The lowest BCUT2D eigenvalue weighted by Crippen LogP contribution is -2.43. The van der Waals surface area contributed by atoms with E-state index in [0.717, 1.165) is 31.8 Å². The summed E-state index contributed by atoms with van der Waals surface area (Å²) in [7, 11) is 0. The average Bonchev–Trinajstić information content (AvgIpc) is 2.91. The molecule has 1 amide bonds. The van der Waals surface area contributed by atoms with E-state index in [9.17, 15) is 4.79 Å². The number of benzene rings is 1. The number of amides is 1. The smallest absolute Gasteiger partial charge is 0.234 e. The SMILES string of the molecule is CC1CCC(NC(=O)CN2C[C@@H](N)[C@H](c3ccccc3)C2)CC1. The molecule has 1 saturated carbocycles. The van der Waals surface area contributed by atoms with Gasteiger partial charge in [0.15, 0.2) is 0 Å². The van der Waals surface area contributed by atoms with Gasteiger partial charge in [-0.3, -0.25) is 9.69 Å². The van der Waals surface area contributed by atoms with E-state index in [1.165, 1.54) is 18.4 Å². The first-order valence-corrected chi connectivity index (χ1v) is 8.94. The van der Waals surface area contributed by atoms with Crippen LogP contribution in [-0.4, -0.2) is 42.5 Å².